The fourth-order valence-corrected chi connectivity index (χ4v) is 3.11. The average Bonchev–Trinajstić information content (AvgIpc) is 2.94. The Morgan fingerprint density at radius 3 is 3.00 bits per heavy atom. The quantitative estimate of drug-likeness (QED) is 0.907. The zero-order valence-electron chi connectivity index (χ0n) is 12.1. The third kappa shape index (κ3) is 2.80. The van der Waals surface area contributed by atoms with Crippen molar-refractivity contribution in [3.63, 3.8) is 0 Å². The van der Waals surface area contributed by atoms with E-state index >= 15 is 0 Å². The lowest BCUT2D eigenvalue weighted by atomic mass is 9.90. The largest absolute Gasteiger partial charge is 0.454 e. The zero-order valence-corrected chi connectivity index (χ0v) is 12.9. The van der Waals surface area contributed by atoms with Gasteiger partial charge in [-0.05, 0) is 30.9 Å². The maximum atomic E-state index is 12.8. The Morgan fingerprint density at radius 1 is 1.43 bits per heavy atom. The number of hydrogen-bond donors (Lipinski definition) is 1. The van der Waals surface area contributed by atoms with Crippen molar-refractivity contribution in [1.29, 1.82) is 0 Å². The summed E-state index contributed by atoms with van der Waals surface area (Å²) >= 11 is 0. The molecule has 0 radical (unpaired) electrons. The summed E-state index contributed by atoms with van der Waals surface area (Å²) in [6, 6.07) is 5.54. The number of ether oxygens (including phenoxy) is 2. The molecule has 1 amide bonds. The van der Waals surface area contributed by atoms with Gasteiger partial charge in [-0.25, -0.2) is 0 Å². The lowest BCUT2D eigenvalue weighted by Crippen LogP contribution is -2.51. The highest BCUT2D eigenvalue weighted by Crippen LogP contribution is 2.37. The first-order valence-corrected chi connectivity index (χ1v) is 7.12. The van der Waals surface area contributed by atoms with Crippen LogP contribution < -0.4 is 15.2 Å². The molecule has 0 spiro atoms. The molecule has 2 unspecified atom stereocenters. The molecule has 2 atom stereocenters. The van der Waals surface area contributed by atoms with Crippen molar-refractivity contribution in [2.75, 3.05) is 19.9 Å². The van der Waals surface area contributed by atoms with Crippen LogP contribution in [0.2, 0.25) is 0 Å². The van der Waals surface area contributed by atoms with E-state index in [-0.39, 0.29) is 31.1 Å². The van der Waals surface area contributed by atoms with Crippen LogP contribution in [0.15, 0.2) is 18.2 Å². The smallest absolute Gasteiger partial charge is 0.258 e. The van der Waals surface area contributed by atoms with E-state index in [2.05, 4.69) is 6.92 Å². The lowest BCUT2D eigenvalue weighted by Gasteiger charge is -2.39. The van der Waals surface area contributed by atoms with Crippen LogP contribution in [0.5, 0.6) is 11.5 Å². The van der Waals surface area contributed by atoms with E-state index in [0.29, 0.717) is 29.5 Å². The summed E-state index contributed by atoms with van der Waals surface area (Å²) in [5.41, 5.74) is 6.44. The average molecular weight is 313 g/mol. The SMILES string of the molecule is CC1CCCN(C(=O)c2cccc3c2OCO3)C1CN.Cl. The van der Waals surface area contributed by atoms with Crippen molar-refractivity contribution in [2.24, 2.45) is 11.7 Å². The molecule has 116 valence electrons. The van der Waals surface area contributed by atoms with Crippen molar-refractivity contribution < 1.29 is 14.3 Å². The van der Waals surface area contributed by atoms with E-state index in [1.165, 1.54) is 0 Å². The molecule has 1 aromatic rings. The molecule has 1 aromatic carbocycles. The Balaban J connectivity index is 0.00000161. The van der Waals surface area contributed by atoms with Gasteiger partial charge in [-0.2, -0.15) is 0 Å². The van der Waals surface area contributed by atoms with Crippen molar-refractivity contribution in [3.8, 4) is 11.5 Å². The monoisotopic (exact) mass is 312 g/mol. The summed E-state index contributed by atoms with van der Waals surface area (Å²) in [5, 5.41) is 0. The number of piperidine rings is 1. The van der Waals surface area contributed by atoms with Gasteiger partial charge in [0, 0.05) is 19.1 Å². The Morgan fingerprint density at radius 2 is 2.24 bits per heavy atom. The van der Waals surface area contributed by atoms with E-state index in [0.717, 1.165) is 19.4 Å². The molecule has 6 heteroatoms. The molecule has 0 bridgehead atoms. The fraction of sp³-hybridized carbons (Fsp3) is 0.533. The van der Waals surface area contributed by atoms with E-state index in [1.807, 2.05) is 17.0 Å². The number of halogens is 1. The van der Waals surface area contributed by atoms with Gasteiger partial charge in [0.2, 0.25) is 6.79 Å². The predicted molar refractivity (Wildman–Crippen MR) is 82.1 cm³/mol. The second-order valence-electron chi connectivity index (χ2n) is 5.46. The van der Waals surface area contributed by atoms with Crippen LogP contribution in [0.25, 0.3) is 0 Å². The summed E-state index contributed by atoms with van der Waals surface area (Å²) in [4.78, 5) is 14.7. The Bertz CT molecular complexity index is 524. The Labute approximate surface area is 130 Å². The summed E-state index contributed by atoms with van der Waals surface area (Å²) < 4.78 is 10.8. The highest BCUT2D eigenvalue weighted by Gasteiger charge is 2.33. The molecule has 3 rings (SSSR count). The minimum absolute atomic E-state index is 0. The van der Waals surface area contributed by atoms with Crippen LogP contribution >= 0.6 is 12.4 Å². The number of carbonyl (C=O) groups excluding carboxylic acids is 1. The van der Waals surface area contributed by atoms with Crippen LogP contribution in [-0.4, -0.2) is 36.7 Å². The number of nitrogens with zero attached hydrogens (tertiary/aromatic N) is 1. The third-order valence-corrected chi connectivity index (χ3v) is 4.25. The summed E-state index contributed by atoms with van der Waals surface area (Å²) in [5.74, 6) is 1.64. The Kier molecular flexibility index (Phi) is 4.96. The zero-order chi connectivity index (χ0) is 14.1. The molecular weight excluding hydrogens is 292 g/mol. The van der Waals surface area contributed by atoms with Gasteiger partial charge in [0.1, 0.15) is 0 Å². The molecule has 0 aromatic heterocycles. The second kappa shape index (κ2) is 6.54. The molecule has 2 aliphatic heterocycles. The number of likely N-dealkylation sites (tertiary alicyclic amines) is 1. The molecule has 0 saturated carbocycles. The van der Waals surface area contributed by atoms with E-state index in [9.17, 15) is 4.79 Å². The first-order valence-electron chi connectivity index (χ1n) is 7.12. The standard InChI is InChI=1S/C15H20N2O3.ClH/c1-10-4-3-7-17(12(10)8-16)15(18)11-5-2-6-13-14(11)20-9-19-13;/h2,5-6,10,12H,3-4,7-9,16H2,1H3;1H. The van der Waals surface area contributed by atoms with Gasteiger partial charge in [0.05, 0.1) is 5.56 Å². The first kappa shape index (κ1) is 15.9. The van der Waals surface area contributed by atoms with Gasteiger partial charge in [0.15, 0.2) is 11.5 Å². The molecule has 2 N–H and O–H groups in total. The predicted octanol–water partition coefficient (Wildman–Crippen LogP) is 2.04. The second-order valence-corrected chi connectivity index (χ2v) is 5.46. The Hall–Kier alpha value is -1.46. The minimum Gasteiger partial charge on any atom is -0.454 e. The molecule has 5 nitrogen and oxygen atoms in total. The molecule has 21 heavy (non-hydrogen) atoms. The fourth-order valence-electron chi connectivity index (χ4n) is 3.11. The van der Waals surface area contributed by atoms with Crippen molar-refractivity contribution in [2.45, 2.75) is 25.8 Å². The van der Waals surface area contributed by atoms with Crippen LogP contribution in [0.1, 0.15) is 30.1 Å². The van der Waals surface area contributed by atoms with Gasteiger partial charge < -0.3 is 20.1 Å². The summed E-state index contributed by atoms with van der Waals surface area (Å²) in [6.07, 6.45) is 2.15. The number of para-hydroxylation sites is 1. The molecular formula is C15H21ClN2O3. The van der Waals surface area contributed by atoms with Crippen LogP contribution in [0.4, 0.5) is 0 Å². The minimum atomic E-state index is -0.00523. The maximum Gasteiger partial charge on any atom is 0.258 e. The van der Waals surface area contributed by atoms with Crippen molar-refractivity contribution >= 4 is 18.3 Å². The normalized spacial score (nSPS) is 23.6. The molecule has 0 aliphatic carbocycles. The number of benzene rings is 1. The maximum absolute atomic E-state index is 12.8. The van der Waals surface area contributed by atoms with E-state index in [4.69, 9.17) is 15.2 Å². The highest BCUT2D eigenvalue weighted by molar-refractivity contribution is 5.98. The van der Waals surface area contributed by atoms with Gasteiger partial charge in [0.25, 0.3) is 5.91 Å². The van der Waals surface area contributed by atoms with E-state index in [1.54, 1.807) is 6.07 Å². The molecule has 2 heterocycles. The summed E-state index contributed by atoms with van der Waals surface area (Å²) in [6.45, 7) is 3.59. The number of hydrogen-bond acceptors (Lipinski definition) is 4. The van der Waals surface area contributed by atoms with E-state index < -0.39 is 0 Å². The molecule has 2 aliphatic rings. The van der Waals surface area contributed by atoms with Gasteiger partial charge in [-0.1, -0.05) is 13.0 Å². The number of amides is 1. The van der Waals surface area contributed by atoms with Gasteiger partial charge in [-0.3, -0.25) is 4.79 Å². The first-order chi connectivity index (χ1) is 9.72. The van der Waals surface area contributed by atoms with Crippen molar-refractivity contribution in [3.05, 3.63) is 23.8 Å². The number of carbonyl (C=O) groups is 1. The highest BCUT2D eigenvalue weighted by atomic mass is 35.5. The lowest BCUT2D eigenvalue weighted by molar-refractivity contribution is 0.0528. The number of nitrogens with two attached hydrogens (primary N) is 1. The molecule has 1 fully saturated rings. The number of rotatable bonds is 2. The molecule has 1 saturated heterocycles. The van der Waals surface area contributed by atoms with Crippen molar-refractivity contribution in [1.82, 2.24) is 4.90 Å². The van der Waals surface area contributed by atoms with Gasteiger partial charge >= 0.3 is 0 Å². The third-order valence-electron chi connectivity index (χ3n) is 4.25. The van der Waals surface area contributed by atoms with Gasteiger partial charge in [-0.15, -0.1) is 12.4 Å². The number of fused-ring (bicyclic) bond motifs is 1. The van der Waals surface area contributed by atoms with Crippen LogP contribution in [0, 0.1) is 5.92 Å². The summed E-state index contributed by atoms with van der Waals surface area (Å²) in [7, 11) is 0. The topological polar surface area (TPSA) is 64.8 Å². The van der Waals surface area contributed by atoms with Crippen LogP contribution in [-0.2, 0) is 0 Å². The van der Waals surface area contributed by atoms with Crippen LogP contribution in [0.3, 0.4) is 0 Å².